The number of ether oxygens (including phenoxy) is 1. The lowest BCUT2D eigenvalue weighted by Gasteiger charge is -2.21. The van der Waals surface area contributed by atoms with Crippen molar-refractivity contribution in [2.75, 3.05) is 11.9 Å². The number of alkyl carbamates (subject to hydrolysis) is 1. The molecule has 0 radical (unpaired) electrons. The van der Waals surface area contributed by atoms with Gasteiger partial charge >= 0.3 is 12.1 Å². The van der Waals surface area contributed by atoms with Crippen LogP contribution in [0.15, 0.2) is 35.0 Å². The summed E-state index contributed by atoms with van der Waals surface area (Å²) in [5.74, 6) is 0.590. The zero-order valence-corrected chi connectivity index (χ0v) is 19.2. The van der Waals surface area contributed by atoms with Crippen molar-refractivity contribution in [3.63, 3.8) is 0 Å². The van der Waals surface area contributed by atoms with Gasteiger partial charge in [-0.25, -0.2) is 9.78 Å². The average Bonchev–Trinajstić information content (AvgIpc) is 3.15. The van der Waals surface area contributed by atoms with Gasteiger partial charge in [0.1, 0.15) is 11.4 Å². The molecule has 0 aliphatic rings. The molecule has 0 aliphatic heterocycles. The standard InChI is InChI=1S/C23H29N5O5/c1-14-26-20(28-33-14)16-8-7-15-9-11-24-21(18(15)12-16)27-17(13-19(29)30)6-5-10-25-22(31)32-23(2,3)4/h7-9,11-12,17H,5-6,10,13H2,1-4H3,(H,24,27)(H,25,31)(H,29,30)/t17-/m0/s1. The lowest BCUT2D eigenvalue weighted by atomic mass is 10.1. The van der Waals surface area contributed by atoms with Gasteiger partial charge < -0.3 is 25.0 Å². The Labute approximate surface area is 191 Å². The Morgan fingerprint density at radius 3 is 2.70 bits per heavy atom. The highest BCUT2D eigenvalue weighted by atomic mass is 16.6. The topological polar surface area (TPSA) is 139 Å². The van der Waals surface area contributed by atoms with Crippen molar-refractivity contribution >= 4 is 28.7 Å². The van der Waals surface area contributed by atoms with E-state index in [1.165, 1.54) is 0 Å². The Morgan fingerprint density at radius 1 is 1.24 bits per heavy atom. The maximum absolute atomic E-state index is 11.8. The summed E-state index contributed by atoms with van der Waals surface area (Å²) in [5.41, 5.74) is 0.197. The summed E-state index contributed by atoms with van der Waals surface area (Å²) in [5, 5.41) is 21.0. The molecule has 0 spiro atoms. The zero-order chi connectivity index (χ0) is 24.0. The van der Waals surface area contributed by atoms with Crippen molar-refractivity contribution in [3.8, 4) is 11.4 Å². The van der Waals surface area contributed by atoms with Gasteiger partial charge in [-0.05, 0) is 51.1 Å². The molecule has 3 N–H and O–H groups in total. The molecule has 10 nitrogen and oxygen atoms in total. The first-order valence-electron chi connectivity index (χ1n) is 10.8. The van der Waals surface area contributed by atoms with Crippen LogP contribution in [0.2, 0.25) is 0 Å². The van der Waals surface area contributed by atoms with Gasteiger partial charge in [0.2, 0.25) is 11.7 Å². The van der Waals surface area contributed by atoms with Crippen molar-refractivity contribution in [2.45, 2.75) is 58.6 Å². The van der Waals surface area contributed by atoms with Crippen LogP contribution in [0, 0.1) is 6.92 Å². The molecule has 10 heteroatoms. The van der Waals surface area contributed by atoms with Crippen LogP contribution in [0.5, 0.6) is 0 Å². The molecule has 0 fully saturated rings. The van der Waals surface area contributed by atoms with Crippen molar-refractivity contribution < 1.29 is 24.0 Å². The van der Waals surface area contributed by atoms with Crippen LogP contribution in [0.1, 0.15) is 45.9 Å². The molecular formula is C23H29N5O5. The highest BCUT2D eigenvalue weighted by Crippen LogP contribution is 2.27. The second-order valence-corrected chi connectivity index (χ2v) is 8.74. The fourth-order valence-corrected chi connectivity index (χ4v) is 3.32. The molecular weight excluding hydrogens is 426 g/mol. The Bertz CT molecular complexity index is 1120. The Kier molecular flexibility index (Phi) is 7.47. The molecule has 1 aromatic carbocycles. The number of carbonyl (C=O) groups is 2. The van der Waals surface area contributed by atoms with Gasteiger partial charge in [0, 0.05) is 36.7 Å². The predicted molar refractivity (Wildman–Crippen MR) is 123 cm³/mol. The Morgan fingerprint density at radius 2 is 2.03 bits per heavy atom. The monoisotopic (exact) mass is 455 g/mol. The van der Waals surface area contributed by atoms with Crippen molar-refractivity contribution in [1.29, 1.82) is 0 Å². The van der Waals surface area contributed by atoms with Crippen LogP contribution in [-0.2, 0) is 9.53 Å². The molecule has 0 saturated carbocycles. The van der Waals surface area contributed by atoms with Crippen molar-refractivity contribution in [1.82, 2.24) is 20.4 Å². The third-order valence-corrected chi connectivity index (χ3v) is 4.71. The third-order valence-electron chi connectivity index (χ3n) is 4.71. The quantitative estimate of drug-likeness (QED) is 0.406. The van der Waals surface area contributed by atoms with Gasteiger partial charge in [0.05, 0.1) is 6.42 Å². The Hall–Kier alpha value is -3.69. The van der Waals surface area contributed by atoms with Gasteiger partial charge in [0.25, 0.3) is 0 Å². The first-order valence-corrected chi connectivity index (χ1v) is 10.8. The number of pyridine rings is 1. The minimum Gasteiger partial charge on any atom is -0.481 e. The third kappa shape index (κ3) is 7.16. The lowest BCUT2D eigenvalue weighted by Crippen LogP contribution is -2.33. The molecule has 0 bridgehead atoms. The fraction of sp³-hybridized carbons (Fsp3) is 0.435. The van der Waals surface area contributed by atoms with E-state index in [1.807, 2.05) is 24.3 Å². The molecule has 176 valence electrons. The number of benzene rings is 1. The second kappa shape index (κ2) is 10.3. The summed E-state index contributed by atoms with van der Waals surface area (Å²) >= 11 is 0. The van der Waals surface area contributed by atoms with Crippen LogP contribution >= 0.6 is 0 Å². The number of carboxylic acids is 1. The van der Waals surface area contributed by atoms with Crippen LogP contribution in [-0.4, -0.2) is 50.5 Å². The molecule has 1 amide bonds. The van der Waals surface area contributed by atoms with Gasteiger partial charge in [0.15, 0.2) is 0 Å². The van der Waals surface area contributed by atoms with E-state index < -0.39 is 17.7 Å². The van der Waals surface area contributed by atoms with Crippen molar-refractivity contribution in [3.05, 3.63) is 36.4 Å². The minimum absolute atomic E-state index is 0.0891. The van der Waals surface area contributed by atoms with E-state index in [-0.39, 0.29) is 12.5 Å². The summed E-state index contributed by atoms with van der Waals surface area (Å²) < 4.78 is 10.3. The maximum Gasteiger partial charge on any atom is 0.407 e. The van der Waals surface area contributed by atoms with E-state index in [9.17, 15) is 14.7 Å². The number of aromatic nitrogens is 3. The smallest absolute Gasteiger partial charge is 0.407 e. The van der Waals surface area contributed by atoms with Gasteiger partial charge in [-0.3, -0.25) is 4.79 Å². The minimum atomic E-state index is -0.921. The molecule has 0 aliphatic carbocycles. The number of carbonyl (C=O) groups excluding carboxylic acids is 1. The molecule has 0 unspecified atom stereocenters. The second-order valence-electron chi connectivity index (χ2n) is 8.74. The van der Waals surface area contributed by atoms with Crippen molar-refractivity contribution in [2.24, 2.45) is 0 Å². The largest absolute Gasteiger partial charge is 0.481 e. The molecule has 3 rings (SSSR count). The van der Waals surface area contributed by atoms with Crippen LogP contribution in [0.3, 0.4) is 0 Å². The van der Waals surface area contributed by atoms with E-state index in [0.717, 1.165) is 16.3 Å². The predicted octanol–water partition coefficient (Wildman–Crippen LogP) is 4.15. The lowest BCUT2D eigenvalue weighted by molar-refractivity contribution is -0.137. The molecule has 2 heterocycles. The van der Waals surface area contributed by atoms with E-state index in [0.29, 0.717) is 36.9 Å². The first kappa shape index (κ1) is 24.0. The summed E-state index contributed by atoms with van der Waals surface area (Å²) in [4.78, 5) is 31.9. The van der Waals surface area contributed by atoms with E-state index >= 15 is 0 Å². The summed E-state index contributed by atoms with van der Waals surface area (Å²) in [6, 6.07) is 7.23. The zero-order valence-electron chi connectivity index (χ0n) is 19.2. The number of carboxylic acid groups (broad SMARTS) is 1. The fourth-order valence-electron chi connectivity index (χ4n) is 3.32. The SMILES string of the molecule is Cc1nc(-c2ccc3ccnc(N[C@@H](CCCNC(=O)OC(C)(C)C)CC(=O)O)c3c2)no1. The van der Waals surface area contributed by atoms with Crippen LogP contribution in [0.4, 0.5) is 10.6 Å². The number of hydrogen-bond donors (Lipinski definition) is 3. The summed E-state index contributed by atoms with van der Waals surface area (Å²) in [6.45, 7) is 7.47. The average molecular weight is 456 g/mol. The molecule has 3 aromatic rings. The van der Waals surface area contributed by atoms with Crippen LogP contribution < -0.4 is 10.6 Å². The van der Waals surface area contributed by atoms with Gasteiger partial charge in [-0.2, -0.15) is 4.98 Å². The summed E-state index contributed by atoms with van der Waals surface area (Å²) in [6.07, 6.45) is 2.18. The summed E-state index contributed by atoms with van der Waals surface area (Å²) in [7, 11) is 0. The number of aryl methyl sites for hydroxylation is 1. The van der Waals surface area contributed by atoms with E-state index in [4.69, 9.17) is 9.26 Å². The highest BCUT2D eigenvalue weighted by Gasteiger charge is 2.18. The number of anilines is 1. The molecule has 33 heavy (non-hydrogen) atoms. The molecule has 2 aromatic heterocycles. The number of rotatable bonds is 9. The van der Waals surface area contributed by atoms with Gasteiger partial charge in [-0.15, -0.1) is 0 Å². The van der Waals surface area contributed by atoms with E-state index in [1.54, 1.807) is 33.9 Å². The number of amides is 1. The number of aliphatic carboxylic acids is 1. The van der Waals surface area contributed by atoms with Crippen LogP contribution in [0.25, 0.3) is 22.2 Å². The van der Waals surface area contributed by atoms with E-state index in [2.05, 4.69) is 25.8 Å². The number of fused-ring (bicyclic) bond motifs is 1. The first-order chi connectivity index (χ1) is 15.6. The normalized spacial score (nSPS) is 12.4. The Balaban J connectivity index is 1.71. The van der Waals surface area contributed by atoms with Gasteiger partial charge in [-0.1, -0.05) is 17.3 Å². The highest BCUT2D eigenvalue weighted by molar-refractivity contribution is 5.94. The number of nitrogens with one attached hydrogen (secondary N) is 2. The maximum atomic E-state index is 11.8. The number of nitrogens with zero attached hydrogens (tertiary/aromatic N) is 3. The molecule has 0 saturated heterocycles. The number of hydrogen-bond acceptors (Lipinski definition) is 8. The molecule has 1 atom stereocenters.